The summed E-state index contributed by atoms with van der Waals surface area (Å²) in [5.41, 5.74) is 0. The maximum absolute atomic E-state index is 13.4. The molecule has 4 aliphatic carbocycles. The third-order valence-corrected chi connectivity index (χ3v) is 13.4. The molecule has 0 bridgehead atoms. The van der Waals surface area contributed by atoms with Crippen molar-refractivity contribution in [1.82, 2.24) is 9.80 Å². The van der Waals surface area contributed by atoms with Crippen molar-refractivity contribution in [3.8, 4) is 0 Å². The zero-order valence-electron chi connectivity index (χ0n) is 20.4. The minimum absolute atomic E-state index is 0.0998. The molecule has 6 nitrogen and oxygen atoms in total. The number of nitrogens with zero attached hydrogens (tertiary/aromatic N) is 2. The molecule has 0 spiro atoms. The molecule has 0 N–H and O–H groups in total. The Kier molecular flexibility index (Phi) is 7.87. The van der Waals surface area contributed by atoms with Gasteiger partial charge in [-0.1, -0.05) is 92.8 Å². The molecule has 0 radical (unpaired) electrons. The highest BCUT2D eigenvalue weighted by Crippen LogP contribution is 2.57. The number of carbonyl (C=O) groups excluding carboxylic acids is 4. The van der Waals surface area contributed by atoms with Crippen molar-refractivity contribution < 1.29 is 19.2 Å². The van der Waals surface area contributed by atoms with E-state index in [0.29, 0.717) is 45.8 Å². The fourth-order valence-electron chi connectivity index (χ4n) is 7.35. The average Bonchev–Trinajstić information content (AvgIpc) is 3.32. The molecule has 8 atom stereocenters. The standard InChI is InChI=1S/C26H20Cl8N2O4/c27-15-7-3-11-12(4-8(7)16(28)20(32)19(15)31)24(38)35(23(11)37)1-2-36-25(39)13-5-9-10(6-14(13)26(36)40)18(30)22(34)21(33)17(9)29/h7-14H,1-6H2. The lowest BCUT2D eigenvalue weighted by atomic mass is 9.67. The molecule has 0 aromatic carbocycles. The van der Waals surface area contributed by atoms with E-state index in [4.69, 9.17) is 92.8 Å². The molecular weight excluding hydrogens is 688 g/mol. The van der Waals surface area contributed by atoms with Crippen LogP contribution in [0.5, 0.6) is 0 Å². The Morgan fingerprint density at radius 1 is 0.400 bits per heavy atom. The number of carbonyl (C=O) groups is 4. The normalized spacial score (nSPS) is 38.0. The zero-order chi connectivity index (χ0) is 28.9. The summed E-state index contributed by atoms with van der Waals surface area (Å²) in [6.45, 7) is -0.200. The van der Waals surface area contributed by atoms with E-state index in [1.165, 1.54) is 0 Å². The molecule has 14 heteroatoms. The lowest BCUT2D eigenvalue weighted by Crippen LogP contribution is -2.41. The second kappa shape index (κ2) is 10.6. The second-order valence-corrected chi connectivity index (χ2v) is 14.2. The first-order chi connectivity index (χ1) is 18.8. The number of amides is 4. The second-order valence-electron chi connectivity index (χ2n) is 11.1. The predicted octanol–water partition coefficient (Wildman–Crippen LogP) is 7.03. The van der Waals surface area contributed by atoms with Crippen molar-refractivity contribution in [2.45, 2.75) is 25.7 Å². The summed E-state index contributed by atoms with van der Waals surface area (Å²) >= 11 is 50.9. The van der Waals surface area contributed by atoms with Crippen LogP contribution in [0.25, 0.3) is 0 Å². The van der Waals surface area contributed by atoms with Crippen LogP contribution in [0, 0.1) is 47.3 Å². The lowest BCUT2D eigenvalue weighted by Gasteiger charge is -2.39. The number of rotatable bonds is 3. The Balaban J connectivity index is 1.17. The van der Waals surface area contributed by atoms with Gasteiger partial charge in [-0.25, -0.2) is 0 Å². The van der Waals surface area contributed by atoms with Crippen LogP contribution >= 0.6 is 92.8 Å². The van der Waals surface area contributed by atoms with Crippen LogP contribution in [0.1, 0.15) is 25.7 Å². The Morgan fingerprint density at radius 2 is 0.600 bits per heavy atom. The SMILES string of the molecule is O=C1C2CC3C(Cl)=C(Cl)C(Cl)=C(Cl)C3CC2C(=O)N1CCN1C(=O)C2CC3C(Cl)=C(Cl)C(Cl)=C(Cl)C3CC2C1=O. The number of fused-ring (bicyclic) bond motifs is 4. The van der Waals surface area contributed by atoms with Gasteiger partial charge in [-0.15, -0.1) is 0 Å². The molecule has 2 saturated carbocycles. The van der Waals surface area contributed by atoms with Crippen LogP contribution in [0.15, 0.2) is 40.3 Å². The fourth-order valence-corrected chi connectivity index (χ4v) is 9.85. The lowest BCUT2D eigenvalue weighted by molar-refractivity contribution is -0.145. The molecule has 2 heterocycles. The van der Waals surface area contributed by atoms with Crippen LogP contribution < -0.4 is 0 Å². The minimum atomic E-state index is -0.596. The molecule has 214 valence electrons. The van der Waals surface area contributed by atoms with Crippen LogP contribution in [-0.2, 0) is 19.2 Å². The van der Waals surface area contributed by atoms with Gasteiger partial charge in [-0.2, -0.15) is 0 Å². The number of likely N-dealkylation sites (tertiary alicyclic amines) is 2. The van der Waals surface area contributed by atoms with Gasteiger partial charge in [0.15, 0.2) is 0 Å². The van der Waals surface area contributed by atoms with E-state index in [-0.39, 0.29) is 80.5 Å². The van der Waals surface area contributed by atoms with Crippen molar-refractivity contribution in [1.29, 1.82) is 0 Å². The first-order valence-corrected chi connectivity index (χ1v) is 15.8. The Bertz CT molecular complexity index is 1200. The molecule has 2 aliphatic heterocycles. The van der Waals surface area contributed by atoms with Gasteiger partial charge in [-0.3, -0.25) is 29.0 Å². The topological polar surface area (TPSA) is 74.8 Å². The van der Waals surface area contributed by atoms with Gasteiger partial charge in [0.1, 0.15) is 0 Å². The largest absolute Gasteiger partial charge is 0.280 e. The molecule has 4 amide bonds. The zero-order valence-corrected chi connectivity index (χ0v) is 26.5. The van der Waals surface area contributed by atoms with Gasteiger partial charge in [0, 0.05) is 56.9 Å². The smallest absolute Gasteiger partial charge is 0.233 e. The summed E-state index contributed by atoms with van der Waals surface area (Å²) in [4.78, 5) is 55.8. The van der Waals surface area contributed by atoms with Gasteiger partial charge in [0.25, 0.3) is 0 Å². The number of allylic oxidation sites excluding steroid dienone is 8. The molecule has 2 saturated heterocycles. The summed E-state index contributed by atoms with van der Waals surface area (Å²) in [6.07, 6.45) is 1.20. The summed E-state index contributed by atoms with van der Waals surface area (Å²) < 4.78 is 0. The number of hydrogen-bond acceptors (Lipinski definition) is 4. The van der Waals surface area contributed by atoms with Crippen molar-refractivity contribution in [3.05, 3.63) is 40.3 Å². The first-order valence-electron chi connectivity index (χ1n) is 12.8. The molecule has 6 rings (SSSR count). The Morgan fingerprint density at radius 3 is 0.800 bits per heavy atom. The molecule has 0 aromatic heterocycles. The van der Waals surface area contributed by atoms with Crippen molar-refractivity contribution in [2.24, 2.45) is 47.3 Å². The van der Waals surface area contributed by atoms with E-state index in [1.807, 2.05) is 0 Å². The van der Waals surface area contributed by atoms with Gasteiger partial charge in [-0.05, 0) is 25.7 Å². The van der Waals surface area contributed by atoms with Crippen molar-refractivity contribution >= 4 is 116 Å². The summed E-state index contributed by atoms with van der Waals surface area (Å²) in [5, 5.41) is 1.98. The van der Waals surface area contributed by atoms with Crippen LogP contribution in [-0.4, -0.2) is 46.5 Å². The summed E-state index contributed by atoms with van der Waals surface area (Å²) in [5.74, 6) is -5.08. The van der Waals surface area contributed by atoms with E-state index in [0.717, 1.165) is 9.80 Å². The Labute approximate surface area is 270 Å². The van der Waals surface area contributed by atoms with Gasteiger partial charge in [0.05, 0.1) is 43.8 Å². The van der Waals surface area contributed by atoms with Crippen LogP contribution in [0.4, 0.5) is 0 Å². The highest BCUT2D eigenvalue weighted by Gasteiger charge is 2.57. The van der Waals surface area contributed by atoms with E-state index < -0.39 is 23.7 Å². The van der Waals surface area contributed by atoms with Crippen LogP contribution in [0.2, 0.25) is 0 Å². The quantitative estimate of drug-likeness (QED) is 0.296. The van der Waals surface area contributed by atoms with Gasteiger partial charge in [0.2, 0.25) is 23.6 Å². The molecule has 4 fully saturated rings. The van der Waals surface area contributed by atoms with Gasteiger partial charge < -0.3 is 0 Å². The summed E-state index contributed by atoms with van der Waals surface area (Å²) in [7, 11) is 0. The monoisotopic (exact) mass is 704 g/mol. The number of halogens is 8. The maximum Gasteiger partial charge on any atom is 0.233 e. The van der Waals surface area contributed by atoms with E-state index in [2.05, 4.69) is 0 Å². The maximum atomic E-state index is 13.4. The van der Waals surface area contributed by atoms with Crippen molar-refractivity contribution in [3.63, 3.8) is 0 Å². The Hall–Kier alpha value is -0.440. The minimum Gasteiger partial charge on any atom is -0.280 e. The van der Waals surface area contributed by atoms with E-state index >= 15 is 0 Å². The highest BCUT2D eigenvalue weighted by molar-refractivity contribution is 6.52. The third-order valence-electron chi connectivity index (χ3n) is 9.38. The third kappa shape index (κ3) is 4.26. The van der Waals surface area contributed by atoms with Gasteiger partial charge >= 0.3 is 0 Å². The molecule has 6 aliphatic rings. The molecule has 0 aromatic rings. The van der Waals surface area contributed by atoms with Crippen molar-refractivity contribution in [2.75, 3.05) is 13.1 Å². The first kappa shape index (κ1) is 29.6. The summed E-state index contributed by atoms with van der Waals surface area (Å²) in [6, 6.07) is 0. The number of imide groups is 2. The van der Waals surface area contributed by atoms with E-state index in [9.17, 15) is 19.2 Å². The highest BCUT2D eigenvalue weighted by atomic mass is 35.5. The van der Waals surface area contributed by atoms with E-state index in [1.54, 1.807) is 0 Å². The van der Waals surface area contributed by atoms with Crippen LogP contribution in [0.3, 0.4) is 0 Å². The average molecular weight is 708 g/mol. The number of hydrogen-bond donors (Lipinski definition) is 0. The molecular formula is C26H20Cl8N2O4. The molecule has 40 heavy (non-hydrogen) atoms. The fraction of sp³-hybridized carbons (Fsp3) is 0.538. The predicted molar refractivity (Wildman–Crippen MR) is 155 cm³/mol. The molecule has 8 unspecified atom stereocenters.